The zero-order chi connectivity index (χ0) is 18.0. The Hall–Kier alpha value is -2.31. The Morgan fingerprint density at radius 3 is 2.60 bits per heavy atom. The number of aryl methyl sites for hydroxylation is 2. The fourth-order valence-corrected chi connectivity index (χ4v) is 3.25. The molecule has 4 nitrogen and oxygen atoms in total. The van der Waals surface area contributed by atoms with Gasteiger partial charge in [0.2, 0.25) is 4.77 Å². The molecule has 0 radical (unpaired) electrons. The largest absolute Gasteiger partial charge is 0.283 e. The molecular formula is C19H21FN4S. The van der Waals surface area contributed by atoms with Crippen molar-refractivity contribution in [1.82, 2.24) is 19.2 Å². The Balaban J connectivity index is 1.83. The van der Waals surface area contributed by atoms with E-state index < -0.39 is 0 Å². The molecule has 0 amide bonds. The molecule has 2 aromatic carbocycles. The molecule has 3 aromatic rings. The van der Waals surface area contributed by atoms with Crippen molar-refractivity contribution in [2.45, 2.75) is 27.1 Å². The second-order valence-corrected chi connectivity index (χ2v) is 6.60. The summed E-state index contributed by atoms with van der Waals surface area (Å²) in [7, 11) is 1.97. The number of hydrogen-bond donors (Lipinski definition) is 0. The molecule has 0 saturated heterocycles. The van der Waals surface area contributed by atoms with Crippen molar-refractivity contribution in [3.8, 4) is 5.69 Å². The molecule has 0 fully saturated rings. The Morgan fingerprint density at radius 2 is 1.88 bits per heavy atom. The third-order valence-corrected chi connectivity index (χ3v) is 4.47. The van der Waals surface area contributed by atoms with Crippen LogP contribution >= 0.6 is 12.2 Å². The van der Waals surface area contributed by atoms with E-state index in [-0.39, 0.29) is 5.82 Å². The summed E-state index contributed by atoms with van der Waals surface area (Å²) in [4.78, 5) is 2.05. The molecule has 6 heteroatoms. The molecule has 0 aliphatic heterocycles. The number of nitrogens with zero attached hydrogens (tertiary/aromatic N) is 4. The highest BCUT2D eigenvalue weighted by Gasteiger charge is 2.12. The highest BCUT2D eigenvalue weighted by atomic mass is 32.1. The van der Waals surface area contributed by atoms with Crippen molar-refractivity contribution in [2.75, 3.05) is 7.05 Å². The minimum Gasteiger partial charge on any atom is -0.283 e. The van der Waals surface area contributed by atoms with Gasteiger partial charge in [0.15, 0.2) is 0 Å². The average Bonchev–Trinajstić information content (AvgIpc) is 2.82. The lowest BCUT2D eigenvalue weighted by atomic mass is 10.2. The predicted molar refractivity (Wildman–Crippen MR) is 99.7 cm³/mol. The van der Waals surface area contributed by atoms with Gasteiger partial charge in [-0.05, 0) is 62.4 Å². The van der Waals surface area contributed by atoms with Crippen molar-refractivity contribution in [2.24, 2.45) is 0 Å². The molecule has 1 aromatic heterocycles. The molecule has 0 aliphatic rings. The van der Waals surface area contributed by atoms with Crippen LogP contribution in [0.15, 0.2) is 48.5 Å². The summed E-state index contributed by atoms with van der Waals surface area (Å²) < 4.78 is 17.8. The standard InChI is InChI=1S/C19H21FN4S/c1-14-7-4-5-10-18(14)24-15(2)21-23(19(24)25)13-22(3)12-16-8-6-9-17(20)11-16/h4-11H,12-13H2,1-3H3. The molecule has 1 heterocycles. The van der Waals surface area contributed by atoms with Crippen molar-refractivity contribution < 1.29 is 4.39 Å². The predicted octanol–water partition coefficient (Wildman–Crippen LogP) is 4.25. The van der Waals surface area contributed by atoms with E-state index >= 15 is 0 Å². The van der Waals surface area contributed by atoms with Crippen LogP contribution in [0.4, 0.5) is 4.39 Å². The first-order valence-electron chi connectivity index (χ1n) is 8.11. The monoisotopic (exact) mass is 356 g/mol. The summed E-state index contributed by atoms with van der Waals surface area (Å²) in [6.07, 6.45) is 0. The molecule has 25 heavy (non-hydrogen) atoms. The summed E-state index contributed by atoms with van der Waals surface area (Å²) in [5.74, 6) is 0.626. The maximum atomic E-state index is 13.3. The van der Waals surface area contributed by atoms with Crippen LogP contribution in [0.1, 0.15) is 17.0 Å². The van der Waals surface area contributed by atoms with Crippen LogP contribution in [0, 0.1) is 24.4 Å². The minimum atomic E-state index is -0.220. The van der Waals surface area contributed by atoms with E-state index in [4.69, 9.17) is 12.2 Å². The van der Waals surface area contributed by atoms with Crippen molar-refractivity contribution in [1.29, 1.82) is 0 Å². The summed E-state index contributed by atoms with van der Waals surface area (Å²) in [5, 5.41) is 4.59. The summed E-state index contributed by atoms with van der Waals surface area (Å²) >= 11 is 5.64. The molecule has 0 bridgehead atoms. The van der Waals surface area contributed by atoms with E-state index in [0.29, 0.717) is 18.0 Å². The van der Waals surface area contributed by atoms with Crippen LogP contribution in [0.5, 0.6) is 0 Å². The van der Waals surface area contributed by atoms with Gasteiger partial charge in [-0.1, -0.05) is 30.3 Å². The Kier molecular flexibility index (Phi) is 5.11. The van der Waals surface area contributed by atoms with E-state index in [1.807, 2.05) is 42.8 Å². The van der Waals surface area contributed by atoms with Crippen LogP contribution < -0.4 is 0 Å². The van der Waals surface area contributed by atoms with E-state index in [0.717, 1.165) is 22.6 Å². The van der Waals surface area contributed by atoms with Crippen LogP contribution in [-0.4, -0.2) is 26.3 Å². The number of aromatic nitrogens is 3. The van der Waals surface area contributed by atoms with Gasteiger partial charge < -0.3 is 0 Å². The van der Waals surface area contributed by atoms with Crippen molar-refractivity contribution >= 4 is 12.2 Å². The second-order valence-electron chi connectivity index (χ2n) is 6.24. The zero-order valence-corrected chi connectivity index (χ0v) is 15.4. The van der Waals surface area contributed by atoms with Crippen molar-refractivity contribution in [3.05, 3.63) is 76.1 Å². The number of para-hydroxylation sites is 1. The number of hydrogen-bond acceptors (Lipinski definition) is 3. The Bertz CT molecular complexity index is 945. The Labute approximate surface area is 152 Å². The van der Waals surface area contributed by atoms with E-state index in [1.54, 1.807) is 16.8 Å². The topological polar surface area (TPSA) is 26.0 Å². The minimum absolute atomic E-state index is 0.220. The maximum absolute atomic E-state index is 13.3. The first-order chi connectivity index (χ1) is 12.0. The third kappa shape index (κ3) is 3.86. The van der Waals surface area contributed by atoms with Crippen LogP contribution in [0.25, 0.3) is 5.69 Å². The van der Waals surface area contributed by atoms with Crippen molar-refractivity contribution in [3.63, 3.8) is 0 Å². The first kappa shape index (κ1) is 17.5. The normalized spacial score (nSPS) is 11.2. The maximum Gasteiger partial charge on any atom is 0.203 e. The van der Waals surface area contributed by atoms with Crippen LogP contribution in [0.2, 0.25) is 0 Å². The average molecular weight is 356 g/mol. The van der Waals surface area contributed by atoms with Gasteiger partial charge in [0.05, 0.1) is 12.4 Å². The molecular weight excluding hydrogens is 335 g/mol. The lowest BCUT2D eigenvalue weighted by Crippen LogP contribution is -2.22. The van der Waals surface area contributed by atoms with Gasteiger partial charge in [-0.2, -0.15) is 5.10 Å². The fourth-order valence-electron chi connectivity index (χ4n) is 2.93. The highest BCUT2D eigenvalue weighted by molar-refractivity contribution is 7.71. The summed E-state index contributed by atoms with van der Waals surface area (Å²) in [6.45, 7) is 5.17. The fraction of sp³-hybridized carbons (Fsp3) is 0.263. The van der Waals surface area contributed by atoms with Gasteiger partial charge >= 0.3 is 0 Å². The SMILES string of the molecule is Cc1ccccc1-n1c(C)nn(CN(C)Cc2cccc(F)c2)c1=S. The molecule has 0 saturated carbocycles. The Morgan fingerprint density at radius 1 is 1.12 bits per heavy atom. The summed E-state index contributed by atoms with van der Waals surface area (Å²) in [5.41, 5.74) is 3.11. The van der Waals surface area contributed by atoms with Gasteiger partial charge in [-0.15, -0.1) is 0 Å². The molecule has 130 valence electrons. The van der Waals surface area contributed by atoms with Gasteiger partial charge in [0, 0.05) is 6.54 Å². The van der Waals surface area contributed by atoms with Gasteiger partial charge in [-0.3, -0.25) is 9.47 Å². The molecule has 0 atom stereocenters. The van der Waals surface area contributed by atoms with Gasteiger partial charge in [0.1, 0.15) is 11.6 Å². The zero-order valence-electron chi connectivity index (χ0n) is 14.6. The van der Waals surface area contributed by atoms with Gasteiger partial charge in [0.25, 0.3) is 0 Å². The molecule has 0 unspecified atom stereocenters. The number of rotatable bonds is 5. The van der Waals surface area contributed by atoms with Gasteiger partial charge in [-0.25, -0.2) is 9.07 Å². The van der Waals surface area contributed by atoms with E-state index in [2.05, 4.69) is 23.0 Å². The number of halogens is 1. The first-order valence-corrected chi connectivity index (χ1v) is 8.52. The van der Waals surface area contributed by atoms with Crippen LogP contribution in [0.3, 0.4) is 0 Å². The van der Waals surface area contributed by atoms with E-state index in [1.165, 1.54) is 6.07 Å². The second kappa shape index (κ2) is 7.29. The smallest absolute Gasteiger partial charge is 0.203 e. The molecule has 0 aliphatic carbocycles. The molecule has 3 rings (SSSR count). The molecule has 0 N–H and O–H groups in total. The lowest BCUT2D eigenvalue weighted by Gasteiger charge is -2.16. The summed E-state index contributed by atoms with van der Waals surface area (Å²) in [6, 6.07) is 14.7. The number of benzene rings is 2. The van der Waals surface area contributed by atoms with Crippen LogP contribution in [-0.2, 0) is 13.2 Å². The quantitative estimate of drug-likeness (QED) is 0.639. The van der Waals surface area contributed by atoms with E-state index in [9.17, 15) is 4.39 Å². The molecule has 0 spiro atoms. The lowest BCUT2D eigenvalue weighted by molar-refractivity contribution is 0.243. The highest BCUT2D eigenvalue weighted by Crippen LogP contribution is 2.17. The third-order valence-electron chi connectivity index (χ3n) is 4.07.